The SMILES string of the molecule is Cc1noc(C)c1NC(=O)N(C)C[C@@H]1Oc2ccc(NC(=O)CCN3CCOCC3)cc2C(=O)N([C@H](C)CO)C[C@@H]1C. The van der Waals surface area contributed by atoms with E-state index in [4.69, 9.17) is 14.0 Å². The number of morpholine rings is 1. The largest absolute Gasteiger partial charge is 0.487 e. The fourth-order valence-corrected chi connectivity index (χ4v) is 5.04. The van der Waals surface area contributed by atoms with Crippen molar-refractivity contribution >= 4 is 29.2 Å². The average Bonchev–Trinajstić information content (AvgIpc) is 3.30. The number of urea groups is 1. The number of benzene rings is 1. The lowest BCUT2D eigenvalue weighted by Crippen LogP contribution is -2.50. The van der Waals surface area contributed by atoms with Crippen LogP contribution in [0.5, 0.6) is 5.75 Å². The Hall–Kier alpha value is -3.68. The van der Waals surface area contributed by atoms with E-state index in [0.717, 1.165) is 13.1 Å². The molecule has 1 fully saturated rings. The third-order valence-electron chi connectivity index (χ3n) is 7.77. The number of likely N-dealkylation sites (N-methyl/N-ethyl adjacent to an activating group) is 1. The van der Waals surface area contributed by atoms with E-state index in [1.54, 1.807) is 50.9 Å². The predicted molar refractivity (Wildman–Crippen MR) is 156 cm³/mol. The molecule has 1 aromatic heterocycles. The number of amides is 4. The van der Waals surface area contributed by atoms with E-state index < -0.39 is 12.1 Å². The van der Waals surface area contributed by atoms with Crippen LogP contribution < -0.4 is 15.4 Å². The lowest BCUT2D eigenvalue weighted by molar-refractivity contribution is -0.116. The summed E-state index contributed by atoms with van der Waals surface area (Å²) >= 11 is 0. The molecule has 2 aliphatic rings. The predicted octanol–water partition coefficient (Wildman–Crippen LogP) is 2.34. The number of nitrogens with zero attached hydrogens (tertiary/aromatic N) is 4. The Morgan fingerprint density at radius 2 is 1.95 bits per heavy atom. The number of anilines is 2. The van der Waals surface area contributed by atoms with Gasteiger partial charge in [0, 0.05) is 51.3 Å². The van der Waals surface area contributed by atoms with Crippen molar-refractivity contribution in [2.45, 2.75) is 46.3 Å². The number of nitrogens with one attached hydrogen (secondary N) is 2. The Bertz CT molecular complexity index is 1240. The Labute approximate surface area is 246 Å². The van der Waals surface area contributed by atoms with Gasteiger partial charge in [-0.2, -0.15) is 0 Å². The minimum atomic E-state index is -0.473. The van der Waals surface area contributed by atoms with Crippen molar-refractivity contribution in [3.8, 4) is 5.75 Å². The van der Waals surface area contributed by atoms with Gasteiger partial charge in [-0.1, -0.05) is 12.1 Å². The maximum absolute atomic E-state index is 13.7. The molecule has 2 aromatic rings. The molecule has 2 aliphatic heterocycles. The van der Waals surface area contributed by atoms with Gasteiger partial charge in [0.05, 0.1) is 38.0 Å². The molecule has 0 aliphatic carbocycles. The van der Waals surface area contributed by atoms with Gasteiger partial charge < -0.3 is 39.5 Å². The van der Waals surface area contributed by atoms with Crippen LogP contribution in [0.3, 0.4) is 0 Å². The molecule has 0 radical (unpaired) electrons. The molecular weight excluding hydrogens is 544 g/mol. The van der Waals surface area contributed by atoms with Crippen molar-refractivity contribution in [3.63, 3.8) is 0 Å². The van der Waals surface area contributed by atoms with Gasteiger partial charge in [0.2, 0.25) is 5.91 Å². The molecule has 0 bridgehead atoms. The molecule has 13 nitrogen and oxygen atoms in total. The molecule has 1 saturated heterocycles. The summed E-state index contributed by atoms with van der Waals surface area (Å²) in [7, 11) is 1.66. The number of aliphatic hydroxyl groups is 1. The molecule has 0 unspecified atom stereocenters. The molecule has 1 aromatic carbocycles. The highest BCUT2D eigenvalue weighted by atomic mass is 16.5. The van der Waals surface area contributed by atoms with E-state index in [0.29, 0.717) is 61.3 Å². The standard InChI is InChI=1S/C29H42N6O7/c1-18-15-35(19(2)17-36)28(38)23-14-22(30-26(37)8-9-34-10-12-40-13-11-34)6-7-24(23)41-25(18)16-33(5)29(39)31-27-20(3)32-42-21(27)4/h6-7,14,18-19,25,36H,8-13,15-17H2,1-5H3,(H,30,37)(H,31,39)/t18-,19+,25-/m0/s1. The fraction of sp³-hybridized carbons (Fsp3) is 0.586. The Balaban J connectivity index is 1.50. The molecule has 0 spiro atoms. The molecule has 3 N–H and O–H groups in total. The fourth-order valence-electron chi connectivity index (χ4n) is 5.04. The van der Waals surface area contributed by atoms with Gasteiger partial charge in [-0.25, -0.2) is 4.79 Å². The summed E-state index contributed by atoms with van der Waals surface area (Å²) < 4.78 is 16.9. The van der Waals surface area contributed by atoms with E-state index in [-0.39, 0.29) is 42.5 Å². The zero-order valence-corrected chi connectivity index (χ0v) is 25.0. The van der Waals surface area contributed by atoms with Gasteiger partial charge >= 0.3 is 6.03 Å². The minimum Gasteiger partial charge on any atom is -0.487 e. The third kappa shape index (κ3) is 7.58. The smallest absolute Gasteiger partial charge is 0.321 e. The number of ether oxygens (including phenoxy) is 2. The first-order valence-corrected chi connectivity index (χ1v) is 14.3. The summed E-state index contributed by atoms with van der Waals surface area (Å²) in [5, 5.41) is 19.5. The Morgan fingerprint density at radius 3 is 2.62 bits per heavy atom. The summed E-state index contributed by atoms with van der Waals surface area (Å²) in [6, 6.07) is 4.19. The van der Waals surface area contributed by atoms with Crippen LogP contribution in [0.15, 0.2) is 22.7 Å². The highest BCUT2D eigenvalue weighted by Gasteiger charge is 2.34. The van der Waals surface area contributed by atoms with Crippen LogP contribution >= 0.6 is 0 Å². The molecule has 4 amide bonds. The molecule has 4 rings (SSSR count). The van der Waals surface area contributed by atoms with Crippen molar-refractivity contribution in [2.24, 2.45) is 5.92 Å². The molecule has 42 heavy (non-hydrogen) atoms. The Morgan fingerprint density at radius 1 is 1.21 bits per heavy atom. The summed E-state index contributed by atoms with van der Waals surface area (Å²) in [6.45, 7) is 11.1. The summed E-state index contributed by atoms with van der Waals surface area (Å²) in [5.41, 5.74) is 1.86. The van der Waals surface area contributed by atoms with Crippen molar-refractivity contribution in [2.75, 3.05) is 70.2 Å². The van der Waals surface area contributed by atoms with E-state index >= 15 is 0 Å². The van der Waals surface area contributed by atoms with Crippen LogP contribution in [0.25, 0.3) is 0 Å². The van der Waals surface area contributed by atoms with E-state index in [1.165, 1.54) is 4.90 Å². The van der Waals surface area contributed by atoms with Gasteiger partial charge in [-0.3, -0.25) is 14.5 Å². The Kier molecular flexibility index (Phi) is 10.4. The zero-order valence-electron chi connectivity index (χ0n) is 25.0. The van der Waals surface area contributed by atoms with Gasteiger partial charge in [-0.15, -0.1) is 0 Å². The third-order valence-corrected chi connectivity index (χ3v) is 7.77. The number of rotatable bonds is 9. The number of fused-ring (bicyclic) bond motifs is 1. The summed E-state index contributed by atoms with van der Waals surface area (Å²) in [4.78, 5) is 44.7. The minimum absolute atomic E-state index is 0.154. The van der Waals surface area contributed by atoms with Crippen LogP contribution in [0, 0.1) is 19.8 Å². The summed E-state index contributed by atoms with van der Waals surface area (Å²) in [6.07, 6.45) is -0.156. The number of hydrogen-bond acceptors (Lipinski definition) is 9. The molecule has 3 atom stereocenters. The lowest BCUT2D eigenvalue weighted by Gasteiger charge is -2.38. The number of carbonyl (C=O) groups excluding carboxylic acids is 3. The molecule has 3 heterocycles. The second-order valence-corrected chi connectivity index (χ2v) is 11.1. The van der Waals surface area contributed by atoms with Crippen molar-refractivity contribution in [1.82, 2.24) is 19.9 Å². The normalized spacial score (nSPS) is 20.1. The number of carbonyl (C=O) groups is 3. The van der Waals surface area contributed by atoms with Crippen LogP contribution in [0.2, 0.25) is 0 Å². The van der Waals surface area contributed by atoms with E-state index in [9.17, 15) is 19.5 Å². The van der Waals surface area contributed by atoms with Crippen LogP contribution in [-0.2, 0) is 9.53 Å². The maximum Gasteiger partial charge on any atom is 0.321 e. The molecule has 13 heteroatoms. The number of aryl methyl sites for hydroxylation is 2. The first-order valence-electron chi connectivity index (χ1n) is 14.3. The van der Waals surface area contributed by atoms with Crippen LogP contribution in [0.1, 0.15) is 42.1 Å². The van der Waals surface area contributed by atoms with Gasteiger partial charge in [0.25, 0.3) is 5.91 Å². The number of aliphatic hydroxyl groups excluding tert-OH is 1. The zero-order chi connectivity index (χ0) is 30.4. The number of hydrogen-bond donors (Lipinski definition) is 3. The monoisotopic (exact) mass is 586 g/mol. The quantitative estimate of drug-likeness (QED) is 0.402. The van der Waals surface area contributed by atoms with Gasteiger partial charge in [-0.05, 0) is 39.0 Å². The summed E-state index contributed by atoms with van der Waals surface area (Å²) in [5.74, 6) is 0.224. The number of aromatic nitrogens is 1. The van der Waals surface area contributed by atoms with E-state index in [2.05, 4.69) is 20.7 Å². The lowest BCUT2D eigenvalue weighted by atomic mass is 9.99. The van der Waals surface area contributed by atoms with Crippen molar-refractivity contribution in [3.05, 3.63) is 35.2 Å². The molecule has 230 valence electrons. The van der Waals surface area contributed by atoms with E-state index in [1.807, 2.05) is 6.92 Å². The van der Waals surface area contributed by atoms with Crippen LogP contribution in [-0.4, -0.2) is 115 Å². The van der Waals surface area contributed by atoms with Crippen LogP contribution in [0.4, 0.5) is 16.2 Å². The van der Waals surface area contributed by atoms with Crippen molar-refractivity contribution < 1.29 is 33.5 Å². The van der Waals surface area contributed by atoms with Gasteiger partial charge in [0.15, 0.2) is 5.76 Å². The highest BCUT2D eigenvalue weighted by molar-refractivity contribution is 6.00. The highest BCUT2D eigenvalue weighted by Crippen LogP contribution is 2.31. The first kappa shape index (κ1) is 31.3. The van der Waals surface area contributed by atoms with Crippen molar-refractivity contribution in [1.29, 1.82) is 0 Å². The second kappa shape index (κ2) is 14.0. The van der Waals surface area contributed by atoms with Gasteiger partial charge in [0.1, 0.15) is 23.2 Å². The topological polar surface area (TPSA) is 150 Å². The molecular formula is C29H42N6O7. The molecule has 0 saturated carbocycles. The second-order valence-electron chi connectivity index (χ2n) is 11.1. The average molecular weight is 587 g/mol. The first-order chi connectivity index (χ1) is 20.1. The maximum atomic E-state index is 13.7.